The molecule has 29 heavy (non-hydrogen) atoms. The summed E-state index contributed by atoms with van der Waals surface area (Å²) in [6.45, 7) is 1.30. The molecule has 152 valence electrons. The molecule has 3 aromatic rings. The highest BCUT2D eigenvalue weighted by molar-refractivity contribution is 9.10. The van der Waals surface area contributed by atoms with Crippen molar-refractivity contribution in [1.82, 2.24) is 9.78 Å². The second kappa shape index (κ2) is 8.46. The first-order valence-corrected chi connectivity index (χ1v) is 9.43. The Morgan fingerprint density at radius 3 is 2.66 bits per heavy atom. The Bertz CT molecular complexity index is 1050. The Kier molecular flexibility index (Phi) is 6.18. The van der Waals surface area contributed by atoms with Crippen molar-refractivity contribution in [3.63, 3.8) is 0 Å². The van der Waals surface area contributed by atoms with Crippen LogP contribution in [0.1, 0.15) is 11.3 Å². The van der Waals surface area contributed by atoms with Gasteiger partial charge >= 0.3 is 6.18 Å². The van der Waals surface area contributed by atoms with Gasteiger partial charge in [0.2, 0.25) is 5.88 Å². The van der Waals surface area contributed by atoms with Crippen LogP contribution < -0.4 is 10.1 Å². The van der Waals surface area contributed by atoms with E-state index in [1.54, 1.807) is 18.2 Å². The zero-order valence-electron chi connectivity index (χ0n) is 14.9. The maximum absolute atomic E-state index is 13.1. The number of para-hydroxylation sites is 1. The number of benzene rings is 2. The Hall–Kier alpha value is -2.52. The van der Waals surface area contributed by atoms with E-state index in [0.717, 1.165) is 20.8 Å². The largest absolute Gasteiger partial charge is 0.467 e. The molecule has 5 nitrogen and oxygen atoms in total. The fourth-order valence-corrected chi connectivity index (χ4v) is 3.03. The first-order valence-electron chi connectivity index (χ1n) is 8.26. The minimum Gasteiger partial charge on any atom is -0.467 e. The van der Waals surface area contributed by atoms with E-state index in [9.17, 15) is 18.0 Å². The van der Waals surface area contributed by atoms with Gasteiger partial charge in [0.05, 0.1) is 10.7 Å². The van der Waals surface area contributed by atoms with Crippen molar-refractivity contribution in [2.24, 2.45) is 0 Å². The lowest BCUT2D eigenvalue weighted by Gasteiger charge is -2.12. The number of anilines is 1. The molecule has 1 heterocycles. The normalized spacial score (nSPS) is 11.4. The van der Waals surface area contributed by atoms with Crippen molar-refractivity contribution in [1.29, 1.82) is 0 Å². The summed E-state index contributed by atoms with van der Waals surface area (Å²) in [6.07, 6.45) is -4.68. The monoisotopic (exact) mass is 487 g/mol. The number of alkyl halides is 3. The predicted molar refractivity (Wildman–Crippen MR) is 107 cm³/mol. The van der Waals surface area contributed by atoms with Gasteiger partial charge in [0, 0.05) is 16.2 Å². The van der Waals surface area contributed by atoms with Gasteiger partial charge in [-0.1, -0.05) is 45.7 Å². The molecule has 0 aliphatic carbocycles. The van der Waals surface area contributed by atoms with Crippen LogP contribution in [0.25, 0.3) is 5.69 Å². The Morgan fingerprint density at radius 2 is 1.97 bits per heavy atom. The summed E-state index contributed by atoms with van der Waals surface area (Å²) in [5.74, 6) is -0.793. The van der Waals surface area contributed by atoms with Crippen LogP contribution in [0.5, 0.6) is 5.88 Å². The van der Waals surface area contributed by atoms with E-state index >= 15 is 0 Å². The van der Waals surface area contributed by atoms with Gasteiger partial charge in [-0.05, 0) is 36.8 Å². The van der Waals surface area contributed by atoms with Gasteiger partial charge in [-0.2, -0.15) is 23.0 Å². The van der Waals surface area contributed by atoms with E-state index in [4.69, 9.17) is 16.3 Å². The van der Waals surface area contributed by atoms with Gasteiger partial charge in [-0.25, -0.2) is 0 Å². The summed E-state index contributed by atoms with van der Waals surface area (Å²) in [6, 6.07) is 12.3. The molecule has 0 aliphatic rings. The van der Waals surface area contributed by atoms with Gasteiger partial charge in [0.15, 0.2) is 12.3 Å². The van der Waals surface area contributed by atoms with Crippen molar-refractivity contribution < 1.29 is 22.7 Å². The number of carbonyl (C=O) groups is 1. The number of rotatable bonds is 5. The van der Waals surface area contributed by atoms with Crippen LogP contribution in [-0.4, -0.2) is 22.3 Å². The number of aryl methyl sites for hydroxylation is 1. The highest BCUT2D eigenvalue weighted by atomic mass is 79.9. The molecule has 3 rings (SSSR count). The third-order valence-corrected chi connectivity index (χ3v) is 4.69. The van der Waals surface area contributed by atoms with Crippen LogP contribution in [-0.2, 0) is 11.0 Å². The molecular weight excluding hydrogens is 475 g/mol. The molecule has 0 aliphatic heterocycles. The second-order valence-electron chi connectivity index (χ2n) is 6.02. The van der Waals surface area contributed by atoms with Crippen LogP contribution in [0.3, 0.4) is 0 Å². The summed E-state index contributed by atoms with van der Waals surface area (Å²) in [5, 5.41) is 6.39. The highest BCUT2D eigenvalue weighted by Crippen LogP contribution is 2.33. The summed E-state index contributed by atoms with van der Waals surface area (Å²) in [7, 11) is 0. The molecule has 0 saturated carbocycles. The number of ether oxygens (including phenoxy) is 1. The molecule has 0 spiro atoms. The number of hydrogen-bond donors (Lipinski definition) is 1. The van der Waals surface area contributed by atoms with Crippen LogP contribution in [0.4, 0.5) is 18.9 Å². The molecule has 10 heteroatoms. The van der Waals surface area contributed by atoms with Crippen LogP contribution in [0.15, 0.2) is 53.0 Å². The Labute approximate surface area is 177 Å². The van der Waals surface area contributed by atoms with E-state index in [0.29, 0.717) is 5.69 Å². The molecule has 0 atom stereocenters. The number of carbonyl (C=O) groups excluding carboxylic acids is 1. The standard InChI is InChI=1S/C19H14BrClF3N3O2/c1-11-6-7-12(20)8-14(11)25-17(28)10-29-18-9-16(19(22,23)24)26-27(18)15-5-3-2-4-13(15)21/h2-9H,10H2,1H3,(H,25,28). The molecule has 0 radical (unpaired) electrons. The van der Waals surface area contributed by atoms with Gasteiger partial charge in [-0.15, -0.1) is 0 Å². The molecule has 1 aromatic heterocycles. The fourth-order valence-electron chi connectivity index (χ4n) is 2.46. The Morgan fingerprint density at radius 1 is 1.24 bits per heavy atom. The van der Waals surface area contributed by atoms with E-state index in [-0.39, 0.29) is 16.6 Å². The minimum atomic E-state index is -4.68. The summed E-state index contributed by atoms with van der Waals surface area (Å²) in [5.41, 5.74) is 0.421. The summed E-state index contributed by atoms with van der Waals surface area (Å²) >= 11 is 9.39. The maximum Gasteiger partial charge on any atom is 0.435 e. The zero-order chi connectivity index (χ0) is 21.2. The van der Waals surface area contributed by atoms with Gasteiger partial charge in [0.1, 0.15) is 0 Å². The average molecular weight is 489 g/mol. The summed E-state index contributed by atoms with van der Waals surface area (Å²) < 4.78 is 46.4. The van der Waals surface area contributed by atoms with Crippen molar-refractivity contribution in [2.45, 2.75) is 13.1 Å². The van der Waals surface area contributed by atoms with Crippen molar-refractivity contribution >= 4 is 39.1 Å². The number of amides is 1. The van der Waals surface area contributed by atoms with Crippen molar-refractivity contribution in [3.8, 4) is 11.6 Å². The number of aromatic nitrogens is 2. The van der Waals surface area contributed by atoms with E-state index in [1.807, 2.05) is 19.1 Å². The van der Waals surface area contributed by atoms with Crippen LogP contribution >= 0.6 is 27.5 Å². The minimum absolute atomic E-state index is 0.184. The number of nitrogens with zero attached hydrogens (tertiary/aromatic N) is 2. The van der Waals surface area contributed by atoms with E-state index in [1.165, 1.54) is 12.1 Å². The Balaban J connectivity index is 1.83. The van der Waals surface area contributed by atoms with Crippen molar-refractivity contribution in [3.05, 3.63) is 69.3 Å². The topological polar surface area (TPSA) is 56.1 Å². The van der Waals surface area contributed by atoms with Crippen LogP contribution in [0, 0.1) is 6.92 Å². The lowest BCUT2D eigenvalue weighted by atomic mass is 10.2. The average Bonchev–Trinajstić information content (AvgIpc) is 3.08. The molecule has 0 bridgehead atoms. The quantitative estimate of drug-likeness (QED) is 0.506. The smallest absolute Gasteiger partial charge is 0.435 e. The van der Waals surface area contributed by atoms with Gasteiger partial charge in [-0.3, -0.25) is 4.79 Å². The van der Waals surface area contributed by atoms with Gasteiger partial charge in [0.25, 0.3) is 5.91 Å². The second-order valence-corrected chi connectivity index (χ2v) is 7.35. The molecular formula is C19H14BrClF3N3O2. The zero-order valence-corrected chi connectivity index (χ0v) is 17.3. The lowest BCUT2D eigenvalue weighted by molar-refractivity contribution is -0.141. The summed E-state index contributed by atoms with van der Waals surface area (Å²) in [4.78, 5) is 12.2. The maximum atomic E-state index is 13.1. The molecule has 2 aromatic carbocycles. The van der Waals surface area contributed by atoms with Crippen LogP contribution in [0.2, 0.25) is 5.02 Å². The fraction of sp³-hybridized carbons (Fsp3) is 0.158. The van der Waals surface area contributed by atoms with Gasteiger partial charge < -0.3 is 10.1 Å². The molecule has 0 fully saturated rings. The lowest BCUT2D eigenvalue weighted by Crippen LogP contribution is -2.21. The number of hydrogen-bond acceptors (Lipinski definition) is 3. The molecule has 1 amide bonds. The third-order valence-electron chi connectivity index (χ3n) is 3.87. The number of halogens is 5. The third kappa shape index (κ3) is 5.10. The van der Waals surface area contributed by atoms with Crippen molar-refractivity contribution in [2.75, 3.05) is 11.9 Å². The SMILES string of the molecule is Cc1ccc(Br)cc1NC(=O)COc1cc(C(F)(F)F)nn1-c1ccccc1Cl. The first kappa shape index (κ1) is 21.2. The predicted octanol–water partition coefficient (Wildman–Crippen LogP) is 5.63. The highest BCUT2D eigenvalue weighted by Gasteiger charge is 2.36. The molecule has 0 unspecified atom stereocenters. The molecule has 0 saturated heterocycles. The number of nitrogens with one attached hydrogen (secondary N) is 1. The van der Waals surface area contributed by atoms with E-state index in [2.05, 4.69) is 26.3 Å². The molecule has 1 N–H and O–H groups in total. The first-order chi connectivity index (χ1) is 13.6. The van der Waals surface area contributed by atoms with E-state index < -0.39 is 24.4 Å².